The Morgan fingerprint density at radius 3 is 2.38 bits per heavy atom. The Hall–Kier alpha value is -1.08. The van der Waals surface area contributed by atoms with Crippen LogP contribution in [0.5, 0.6) is 5.75 Å². The van der Waals surface area contributed by atoms with E-state index < -0.39 is 7.12 Å². The molecule has 1 aromatic carbocycles. The van der Waals surface area contributed by atoms with E-state index >= 15 is 0 Å². The molecule has 1 aromatic rings. The highest BCUT2D eigenvalue weighted by Crippen LogP contribution is 2.10. The lowest BCUT2D eigenvalue weighted by Crippen LogP contribution is -2.29. The molecule has 0 radical (unpaired) electrons. The highest BCUT2D eigenvalue weighted by molar-refractivity contribution is 6.58. The molecule has 1 aliphatic rings. The van der Waals surface area contributed by atoms with Crippen LogP contribution in [-0.4, -0.2) is 43.3 Å². The van der Waals surface area contributed by atoms with Gasteiger partial charge < -0.3 is 24.3 Å². The average Bonchev–Trinajstić information content (AvgIpc) is 2.80. The smallest absolute Gasteiger partial charge is 0.488 e. The topological polar surface area (TPSA) is 68.2 Å². The standard InChI is InChI=1S/C10H13BO5/c12-11(13)8-1-3-9(4-2-8)16-7-10-14-5-6-15-10/h1-4,10,12-13H,5-7H2. The maximum Gasteiger partial charge on any atom is 0.488 e. The highest BCUT2D eigenvalue weighted by atomic mass is 16.7. The van der Waals surface area contributed by atoms with E-state index in [0.29, 0.717) is 31.0 Å². The van der Waals surface area contributed by atoms with Crippen LogP contribution < -0.4 is 10.2 Å². The second kappa shape index (κ2) is 5.31. The first kappa shape index (κ1) is 11.4. The Morgan fingerprint density at radius 1 is 1.19 bits per heavy atom. The van der Waals surface area contributed by atoms with Gasteiger partial charge in [-0.2, -0.15) is 0 Å². The zero-order valence-electron chi connectivity index (χ0n) is 8.70. The zero-order valence-corrected chi connectivity index (χ0v) is 8.70. The lowest BCUT2D eigenvalue weighted by atomic mass is 9.80. The van der Waals surface area contributed by atoms with Gasteiger partial charge in [-0.05, 0) is 17.6 Å². The maximum absolute atomic E-state index is 8.89. The average molecular weight is 224 g/mol. The van der Waals surface area contributed by atoms with Crippen molar-refractivity contribution in [2.75, 3.05) is 19.8 Å². The van der Waals surface area contributed by atoms with Crippen LogP contribution in [0.25, 0.3) is 0 Å². The molecular weight excluding hydrogens is 211 g/mol. The molecule has 0 bridgehead atoms. The summed E-state index contributed by atoms with van der Waals surface area (Å²) in [5.74, 6) is 0.642. The van der Waals surface area contributed by atoms with Crippen LogP contribution in [0.4, 0.5) is 0 Å². The molecule has 16 heavy (non-hydrogen) atoms. The molecule has 1 fully saturated rings. The molecule has 0 spiro atoms. The Bertz CT molecular complexity index is 320. The van der Waals surface area contributed by atoms with Gasteiger partial charge in [0.25, 0.3) is 0 Å². The van der Waals surface area contributed by atoms with Crippen LogP contribution in [0.1, 0.15) is 0 Å². The fourth-order valence-corrected chi connectivity index (χ4v) is 1.40. The van der Waals surface area contributed by atoms with Gasteiger partial charge in [0.1, 0.15) is 12.4 Å². The van der Waals surface area contributed by atoms with Gasteiger partial charge in [-0.1, -0.05) is 12.1 Å². The third-order valence-electron chi connectivity index (χ3n) is 2.26. The van der Waals surface area contributed by atoms with Crippen molar-refractivity contribution in [3.05, 3.63) is 24.3 Å². The van der Waals surface area contributed by atoms with Crippen molar-refractivity contribution in [3.63, 3.8) is 0 Å². The summed E-state index contributed by atoms with van der Waals surface area (Å²) >= 11 is 0. The van der Waals surface area contributed by atoms with E-state index in [1.165, 1.54) is 0 Å². The van der Waals surface area contributed by atoms with Crippen molar-refractivity contribution in [2.45, 2.75) is 6.29 Å². The van der Waals surface area contributed by atoms with E-state index in [-0.39, 0.29) is 6.29 Å². The number of ether oxygens (including phenoxy) is 3. The molecule has 86 valence electrons. The van der Waals surface area contributed by atoms with Crippen molar-refractivity contribution < 1.29 is 24.3 Å². The van der Waals surface area contributed by atoms with Crippen molar-refractivity contribution in [1.29, 1.82) is 0 Å². The Kier molecular flexibility index (Phi) is 3.79. The third kappa shape index (κ3) is 2.96. The van der Waals surface area contributed by atoms with Gasteiger partial charge >= 0.3 is 7.12 Å². The molecule has 0 saturated carbocycles. The Balaban J connectivity index is 1.84. The van der Waals surface area contributed by atoms with Crippen LogP contribution >= 0.6 is 0 Å². The van der Waals surface area contributed by atoms with E-state index in [4.69, 9.17) is 24.3 Å². The second-order valence-electron chi connectivity index (χ2n) is 3.42. The minimum Gasteiger partial charge on any atom is -0.488 e. The fourth-order valence-electron chi connectivity index (χ4n) is 1.40. The van der Waals surface area contributed by atoms with Crippen molar-refractivity contribution >= 4 is 12.6 Å². The zero-order chi connectivity index (χ0) is 11.4. The number of rotatable bonds is 4. The van der Waals surface area contributed by atoms with Gasteiger partial charge in [0, 0.05) is 0 Å². The van der Waals surface area contributed by atoms with Crippen LogP contribution in [0, 0.1) is 0 Å². The summed E-state index contributed by atoms with van der Waals surface area (Å²) in [5, 5.41) is 17.8. The quantitative estimate of drug-likeness (QED) is 0.650. The third-order valence-corrected chi connectivity index (χ3v) is 2.26. The highest BCUT2D eigenvalue weighted by Gasteiger charge is 2.16. The Morgan fingerprint density at radius 2 is 1.81 bits per heavy atom. The van der Waals surface area contributed by atoms with Gasteiger partial charge in [-0.15, -0.1) is 0 Å². The van der Waals surface area contributed by atoms with E-state index in [1.54, 1.807) is 24.3 Å². The molecule has 0 atom stereocenters. The molecule has 1 heterocycles. The fraction of sp³-hybridized carbons (Fsp3) is 0.400. The maximum atomic E-state index is 8.89. The molecule has 0 aliphatic carbocycles. The van der Waals surface area contributed by atoms with Crippen molar-refractivity contribution in [1.82, 2.24) is 0 Å². The van der Waals surface area contributed by atoms with E-state index in [0.717, 1.165) is 0 Å². The molecule has 1 saturated heterocycles. The lowest BCUT2D eigenvalue weighted by molar-refractivity contribution is -0.0684. The number of benzene rings is 1. The monoisotopic (exact) mass is 224 g/mol. The summed E-state index contributed by atoms with van der Waals surface area (Å²) in [4.78, 5) is 0. The molecule has 1 aliphatic heterocycles. The van der Waals surface area contributed by atoms with E-state index in [2.05, 4.69) is 0 Å². The molecule has 2 N–H and O–H groups in total. The first-order valence-corrected chi connectivity index (χ1v) is 5.08. The summed E-state index contributed by atoms with van der Waals surface area (Å²) in [6, 6.07) is 6.53. The Labute approximate surface area is 93.7 Å². The molecule has 2 rings (SSSR count). The second-order valence-corrected chi connectivity index (χ2v) is 3.42. The van der Waals surface area contributed by atoms with E-state index in [1.807, 2.05) is 0 Å². The van der Waals surface area contributed by atoms with E-state index in [9.17, 15) is 0 Å². The number of hydrogen-bond acceptors (Lipinski definition) is 5. The summed E-state index contributed by atoms with van der Waals surface area (Å²) < 4.78 is 15.8. The first-order valence-electron chi connectivity index (χ1n) is 5.08. The summed E-state index contributed by atoms with van der Waals surface area (Å²) in [5.41, 5.74) is 0.431. The molecule has 6 heteroatoms. The normalized spacial score (nSPS) is 16.4. The van der Waals surface area contributed by atoms with Gasteiger partial charge in [0.15, 0.2) is 6.29 Å². The van der Waals surface area contributed by atoms with Gasteiger partial charge in [0.05, 0.1) is 13.2 Å². The first-order chi connectivity index (χ1) is 7.75. The van der Waals surface area contributed by atoms with Crippen LogP contribution in [0.15, 0.2) is 24.3 Å². The molecule has 0 unspecified atom stereocenters. The van der Waals surface area contributed by atoms with Gasteiger partial charge in [-0.25, -0.2) is 0 Å². The summed E-state index contributed by atoms with van der Waals surface area (Å²) in [6.45, 7) is 1.54. The predicted molar refractivity (Wildman–Crippen MR) is 57.5 cm³/mol. The molecule has 5 nitrogen and oxygen atoms in total. The minimum absolute atomic E-state index is 0.303. The summed E-state index contributed by atoms with van der Waals surface area (Å²) in [7, 11) is -1.45. The van der Waals surface area contributed by atoms with Crippen LogP contribution in [0.3, 0.4) is 0 Å². The van der Waals surface area contributed by atoms with Gasteiger partial charge in [0.2, 0.25) is 0 Å². The summed E-state index contributed by atoms with van der Waals surface area (Å²) in [6.07, 6.45) is -0.303. The van der Waals surface area contributed by atoms with Crippen LogP contribution in [0.2, 0.25) is 0 Å². The SMILES string of the molecule is OB(O)c1ccc(OCC2OCCO2)cc1. The molecule has 0 amide bonds. The van der Waals surface area contributed by atoms with Crippen molar-refractivity contribution in [2.24, 2.45) is 0 Å². The van der Waals surface area contributed by atoms with Crippen LogP contribution in [-0.2, 0) is 9.47 Å². The predicted octanol–water partition coefficient (Wildman–Crippen LogP) is -0.882. The molecular formula is C10H13BO5. The number of hydrogen-bond donors (Lipinski definition) is 2. The van der Waals surface area contributed by atoms with Crippen molar-refractivity contribution in [3.8, 4) is 5.75 Å². The molecule has 0 aromatic heterocycles. The lowest BCUT2D eigenvalue weighted by Gasteiger charge is -2.11. The minimum atomic E-state index is -1.45. The largest absolute Gasteiger partial charge is 0.488 e. The van der Waals surface area contributed by atoms with Gasteiger partial charge in [-0.3, -0.25) is 0 Å².